The minimum atomic E-state index is -3.74. The zero-order chi connectivity index (χ0) is 15.5. The normalized spacial score (nSPS) is 11.0. The van der Waals surface area contributed by atoms with Gasteiger partial charge in [0.25, 0.3) is 10.0 Å². The van der Waals surface area contributed by atoms with E-state index in [-0.39, 0.29) is 10.7 Å². The van der Waals surface area contributed by atoms with Gasteiger partial charge in [0, 0.05) is 18.3 Å². The third-order valence-corrected chi connectivity index (χ3v) is 4.63. The summed E-state index contributed by atoms with van der Waals surface area (Å²) in [6, 6.07) is 7.59. The van der Waals surface area contributed by atoms with Crippen molar-refractivity contribution >= 4 is 37.5 Å². The van der Waals surface area contributed by atoms with Gasteiger partial charge < -0.3 is 10.2 Å². The van der Waals surface area contributed by atoms with E-state index in [0.717, 1.165) is 4.47 Å². The standard InChI is InChI=1S/C12H13BrN4O3S/c1-20-11-6-8(2-3-10(11)13)17-21(18,19)9-4-5-15-12(7-9)16-14/h2-7,17H,14H2,1H3,(H,15,16). The second-order valence-electron chi connectivity index (χ2n) is 3.98. The topological polar surface area (TPSA) is 106 Å². The van der Waals surface area contributed by atoms with Gasteiger partial charge in [0.15, 0.2) is 0 Å². The molecular weight excluding hydrogens is 360 g/mol. The number of nitrogens with two attached hydrogens (primary N) is 1. The van der Waals surface area contributed by atoms with Crippen molar-refractivity contribution in [3.8, 4) is 5.75 Å². The van der Waals surface area contributed by atoms with E-state index < -0.39 is 10.0 Å². The Morgan fingerprint density at radius 2 is 2.05 bits per heavy atom. The number of aromatic nitrogens is 1. The van der Waals surface area contributed by atoms with Crippen LogP contribution >= 0.6 is 15.9 Å². The van der Waals surface area contributed by atoms with Crippen molar-refractivity contribution in [2.24, 2.45) is 5.84 Å². The van der Waals surface area contributed by atoms with Crippen LogP contribution in [0.25, 0.3) is 0 Å². The summed E-state index contributed by atoms with van der Waals surface area (Å²) in [5.41, 5.74) is 2.68. The molecule has 0 unspecified atom stereocenters. The average molecular weight is 373 g/mol. The van der Waals surface area contributed by atoms with Crippen LogP contribution in [-0.4, -0.2) is 20.5 Å². The van der Waals surface area contributed by atoms with Gasteiger partial charge in [-0.3, -0.25) is 4.72 Å². The number of ether oxygens (including phenoxy) is 1. The van der Waals surface area contributed by atoms with Gasteiger partial charge in [-0.2, -0.15) is 0 Å². The van der Waals surface area contributed by atoms with Crippen LogP contribution in [0, 0.1) is 0 Å². The van der Waals surface area contributed by atoms with Gasteiger partial charge in [-0.15, -0.1) is 0 Å². The van der Waals surface area contributed by atoms with E-state index in [1.807, 2.05) is 0 Å². The molecule has 0 spiro atoms. The lowest BCUT2D eigenvalue weighted by Crippen LogP contribution is -2.15. The molecule has 0 atom stereocenters. The van der Waals surface area contributed by atoms with E-state index in [1.54, 1.807) is 18.2 Å². The van der Waals surface area contributed by atoms with E-state index in [9.17, 15) is 8.42 Å². The molecule has 1 heterocycles. The van der Waals surface area contributed by atoms with E-state index >= 15 is 0 Å². The van der Waals surface area contributed by atoms with Crippen LogP contribution in [0.2, 0.25) is 0 Å². The van der Waals surface area contributed by atoms with Crippen molar-refractivity contribution < 1.29 is 13.2 Å². The number of pyridine rings is 1. The first-order chi connectivity index (χ1) is 9.96. The summed E-state index contributed by atoms with van der Waals surface area (Å²) in [6.45, 7) is 0. The monoisotopic (exact) mass is 372 g/mol. The molecule has 0 saturated carbocycles. The van der Waals surface area contributed by atoms with Gasteiger partial charge in [0.05, 0.1) is 22.2 Å². The molecule has 1 aromatic carbocycles. The van der Waals surface area contributed by atoms with Gasteiger partial charge in [-0.25, -0.2) is 19.2 Å². The Morgan fingerprint density at radius 3 is 2.71 bits per heavy atom. The van der Waals surface area contributed by atoms with Crippen LogP contribution in [0.1, 0.15) is 0 Å². The summed E-state index contributed by atoms with van der Waals surface area (Å²) in [5.74, 6) is 6.00. The van der Waals surface area contributed by atoms with Crippen LogP contribution < -0.4 is 20.7 Å². The molecule has 7 nitrogen and oxygen atoms in total. The zero-order valence-electron chi connectivity index (χ0n) is 11.0. The number of hydrogen-bond acceptors (Lipinski definition) is 6. The molecule has 4 N–H and O–H groups in total. The Balaban J connectivity index is 2.32. The molecule has 0 aliphatic carbocycles. The molecule has 0 radical (unpaired) electrons. The van der Waals surface area contributed by atoms with Crippen molar-refractivity contribution in [2.45, 2.75) is 4.90 Å². The quantitative estimate of drug-likeness (QED) is 0.546. The molecule has 0 bridgehead atoms. The summed E-state index contributed by atoms with van der Waals surface area (Å²) < 4.78 is 32.9. The zero-order valence-corrected chi connectivity index (χ0v) is 13.4. The summed E-state index contributed by atoms with van der Waals surface area (Å²) in [5, 5.41) is 0. The fourth-order valence-electron chi connectivity index (χ4n) is 1.59. The van der Waals surface area contributed by atoms with Gasteiger partial charge in [-0.05, 0) is 34.1 Å². The molecule has 0 aliphatic heterocycles. The van der Waals surface area contributed by atoms with Gasteiger partial charge in [0.1, 0.15) is 11.6 Å². The van der Waals surface area contributed by atoms with Crippen molar-refractivity contribution in [3.05, 3.63) is 41.0 Å². The number of rotatable bonds is 5. The van der Waals surface area contributed by atoms with Gasteiger partial charge in [0.2, 0.25) is 0 Å². The molecule has 1 aromatic heterocycles. The molecule has 0 aliphatic rings. The maximum Gasteiger partial charge on any atom is 0.262 e. The molecular formula is C12H13BrN4O3S. The van der Waals surface area contributed by atoms with Gasteiger partial charge >= 0.3 is 0 Å². The van der Waals surface area contributed by atoms with Crippen LogP contribution in [0.3, 0.4) is 0 Å². The lowest BCUT2D eigenvalue weighted by molar-refractivity contribution is 0.412. The highest BCUT2D eigenvalue weighted by Gasteiger charge is 2.15. The van der Waals surface area contributed by atoms with Crippen LogP contribution in [-0.2, 0) is 10.0 Å². The number of anilines is 2. The van der Waals surface area contributed by atoms with Crippen LogP contribution in [0.4, 0.5) is 11.5 Å². The van der Waals surface area contributed by atoms with Crippen molar-refractivity contribution in [3.63, 3.8) is 0 Å². The highest BCUT2D eigenvalue weighted by molar-refractivity contribution is 9.10. The van der Waals surface area contributed by atoms with Crippen molar-refractivity contribution in [1.82, 2.24) is 4.98 Å². The highest BCUT2D eigenvalue weighted by atomic mass is 79.9. The van der Waals surface area contributed by atoms with Gasteiger partial charge in [-0.1, -0.05) is 0 Å². The predicted octanol–water partition coefficient (Wildman–Crippen LogP) is 1.94. The number of methoxy groups -OCH3 is 1. The van der Waals surface area contributed by atoms with E-state index in [2.05, 4.69) is 31.1 Å². The third-order valence-electron chi connectivity index (χ3n) is 2.59. The second-order valence-corrected chi connectivity index (χ2v) is 6.51. The molecule has 2 rings (SSSR count). The smallest absolute Gasteiger partial charge is 0.262 e. The number of nitrogen functional groups attached to an aromatic ring is 1. The Labute approximate surface area is 130 Å². The molecule has 2 aromatic rings. The second kappa shape index (κ2) is 6.29. The Morgan fingerprint density at radius 1 is 1.29 bits per heavy atom. The summed E-state index contributed by atoms with van der Waals surface area (Å²) in [4.78, 5) is 3.91. The maximum absolute atomic E-state index is 12.3. The van der Waals surface area contributed by atoms with Crippen LogP contribution in [0.5, 0.6) is 5.75 Å². The Kier molecular flexibility index (Phi) is 4.66. The highest BCUT2D eigenvalue weighted by Crippen LogP contribution is 2.29. The third kappa shape index (κ3) is 3.63. The number of benzene rings is 1. The SMILES string of the molecule is COc1cc(NS(=O)(=O)c2ccnc(NN)c2)ccc1Br. The van der Waals surface area contributed by atoms with Crippen molar-refractivity contribution in [1.29, 1.82) is 0 Å². The van der Waals surface area contributed by atoms with Crippen LogP contribution in [0.15, 0.2) is 45.9 Å². The molecule has 21 heavy (non-hydrogen) atoms. The molecule has 9 heteroatoms. The summed E-state index contributed by atoms with van der Waals surface area (Å²) >= 11 is 3.30. The summed E-state index contributed by atoms with van der Waals surface area (Å²) in [6.07, 6.45) is 1.35. The number of sulfonamides is 1. The van der Waals surface area contributed by atoms with E-state index in [1.165, 1.54) is 25.4 Å². The minimum absolute atomic E-state index is 0.0485. The molecule has 0 saturated heterocycles. The summed E-state index contributed by atoms with van der Waals surface area (Å²) in [7, 11) is -2.24. The first-order valence-corrected chi connectivity index (χ1v) is 8.03. The lowest BCUT2D eigenvalue weighted by atomic mass is 10.3. The van der Waals surface area contributed by atoms with E-state index in [0.29, 0.717) is 11.4 Å². The molecule has 0 amide bonds. The largest absolute Gasteiger partial charge is 0.495 e. The van der Waals surface area contributed by atoms with Crippen molar-refractivity contribution in [2.75, 3.05) is 17.3 Å². The molecule has 0 fully saturated rings. The Bertz CT molecular complexity index is 752. The number of hydrazine groups is 1. The average Bonchev–Trinajstić information content (AvgIpc) is 2.49. The lowest BCUT2D eigenvalue weighted by Gasteiger charge is -2.11. The predicted molar refractivity (Wildman–Crippen MR) is 83.5 cm³/mol. The Hall–Kier alpha value is -1.84. The minimum Gasteiger partial charge on any atom is -0.495 e. The molecule has 112 valence electrons. The fraction of sp³-hybridized carbons (Fsp3) is 0.0833. The number of hydrogen-bond donors (Lipinski definition) is 3. The first kappa shape index (κ1) is 15.5. The number of halogens is 1. The fourth-order valence-corrected chi connectivity index (χ4v) is 3.07. The first-order valence-electron chi connectivity index (χ1n) is 5.75. The number of nitrogens with zero attached hydrogens (tertiary/aromatic N) is 1. The van der Waals surface area contributed by atoms with E-state index in [4.69, 9.17) is 10.6 Å². The number of nitrogens with one attached hydrogen (secondary N) is 2. The maximum atomic E-state index is 12.3.